The van der Waals surface area contributed by atoms with Gasteiger partial charge < -0.3 is 10.6 Å². The van der Waals surface area contributed by atoms with Crippen molar-refractivity contribution in [3.05, 3.63) is 29.6 Å². The molecule has 1 heterocycles. The third-order valence-electron chi connectivity index (χ3n) is 2.99. The molecule has 18 heavy (non-hydrogen) atoms. The Labute approximate surface area is 117 Å². The van der Waals surface area contributed by atoms with Crippen LogP contribution in [0.2, 0.25) is 0 Å². The Kier molecular flexibility index (Phi) is 4.12. The number of rotatable bonds is 2. The molecule has 0 aromatic heterocycles. The van der Waals surface area contributed by atoms with Crippen molar-refractivity contribution >= 4 is 34.7 Å². The SMILES string of the molecule is CC1CN(c2ccc(C(N)=S)cc2F)CC(C)S1. The standard InChI is InChI=1S/C13H17FN2S2/c1-8-6-16(7-9(2)18-8)12-4-3-10(13(15)17)5-11(12)14/h3-5,8-9H,6-7H2,1-2H3,(H2,15,17). The first kappa shape index (κ1) is 13.6. The lowest BCUT2D eigenvalue weighted by atomic mass is 10.1. The molecule has 2 nitrogen and oxygen atoms in total. The number of halogens is 1. The summed E-state index contributed by atoms with van der Waals surface area (Å²) in [6, 6.07) is 4.99. The summed E-state index contributed by atoms with van der Waals surface area (Å²) in [5, 5.41) is 1.03. The Bertz CT molecular complexity index is 454. The third-order valence-corrected chi connectivity index (χ3v) is 4.46. The molecule has 1 aromatic rings. The van der Waals surface area contributed by atoms with Crippen molar-refractivity contribution in [1.82, 2.24) is 0 Å². The molecule has 1 aliphatic rings. The number of hydrogen-bond donors (Lipinski definition) is 1. The molecule has 0 bridgehead atoms. The molecular weight excluding hydrogens is 267 g/mol. The van der Waals surface area contributed by atoms with Gasteiger partial charge in [0, 0.05) is 29.2 Å². The molecule has 1 aliphatic heterocycles. The van der Waals surface area contributed by atoms with E-state index in [1.54, 1.807) is 12.1 Å². The quantitative estimate of drug-likeness (QED) is 0.846. The van der Waals surface area contributed by atoms with Gasteiger partial charge in [0.25, 0.3) is 0 Å². The van der Waals surface area contributed by atoms with Gasteiger partial charge in [0.2, 0.25) is 0 Å². The van der Waals surface area contributed by atoms with Crippen molar-refractivity contribution < 1.29 is 4.39 Å². The minimum atomic E-state index is -0.244. The van der Waals surface area contributed by atoms with Crippen LogP contribution in [0.5, 0.6) is 0 Å². The first-order chi connectivity index (χ1) is 8.47. The number of anilines is 1. The first-order valence-electron chi connectivity index (χ1n) is 5.97. The van der Waals surface area contributed by atoms with Crippen molar-refractivity contribution in [1.29, 1.82) is 0 Å². The van der Waals surface area contributed by atoms with Crippen LogP contribution in [0.15, 0.2) is 18.2 Å². The predicted octanol–water partition coefficient (Wildman–Crippen LogP) is 2.79. The minimum Gasteiger partial charge on any atom is -0.389 e. The lowest BCUT2D eigenvalue weighted by Gasteiger charge is -2.36. The van der Waals surface area contributed by atoms with E-state index in [2.05, 4.69) is 18.7 Å². The number of nitrogens with two attached hydrogens (primary N) is 1. The van der Waals surface area contributed by atoms with Crippen molar-refractivity contribution in [3.8, 4) is 0 Å². The van der Waals surface area contributed by atoms with Crippen LogP contribution in [-0.4, -0.2) is 28.6 Å². The summed E-state index contributed by atoms with van der Waals surface area (Å²) >= 11 is 6.80. The number of thioether (sulfide) groups is 1. The summed E-state index contributed by atoms with van der Waals surface area (Å²) in [4.78, 5) is 2.33. The molecule has 0 amide bonds. The van der Waals surface area contributed by atoms with Gasteiger partial charge in [0.1, 0.15) is 10.8 Å². The minimum absolute atomic E-state index is 0.233. The Morgan fingerprint density at radius 1 is 1.39 bits per heavy atom. The molecule has 0 aliphatic carbocycles. The van der Waals surface area contributed by atoms with Gasteiger partial charge >= 0.3 is 0 Å². The number of thiocarbonyl (C=S) groups is 1. The highest BCUT2D eigenvalue weighted by molar-refractivity contribution is 8.00. The second-order valence-corrected chi connectivity index (χ2v) is 7.01. The first-order valence-corrected chi connectivity index (χ1v) is 7.32. The van der Waals surface area contributed by atoms with Gasteiger partial charge in [-0.15, -0.1) is 0 Å². The zero-order chi connectivity index (χ0) is 13.3. The molecule has 1 aromatic carbocycles. The van der Waals surface area contributed by atoms with Gasteiger partial charge in [-0.25, -0.2) is 4.39 Å². The highest BCUT2D eigenvalue weighted by atomic mass is 32.2. The van der Waals surface area contributed by atoms with Gasteiger partial charge in [-0.2, -0.15) is 11.8 Å². The highest BCUT2D eigenvalue weighted by Gasteiger charge is 2.24. The smallest absolute Gasteiger partial charge is 0.147 e. The Morgan fingerprint density at radius 3 is 2.50 bits per heavy atom. The second kappa shape index (κ2) is 5.45. The molecule has 2 unspecified atom stereocenters. The third kappa shape index (κ3) is 2.95. The van der Waals surface area contributed by atoms with Crippen molar-refractivity contribution in [3.63, 3.8) is 0 Å². The fraction of sp³-hybridized carbons (Fsp3) is 0.462. The van der Waals surface area contributed by atoms with Crippen molar-refractivity contribution in [2.24, 2.45) is 5.73 Å². The molecule has 98 valence electrons. The summed E-state index contributed by atoms with van der Waals surface area (Å²) in [5.74, 6) is -0.244. The molecular formula is C13H17FN2S2. The van der Waals surface area contributed by atoms with E-state index in [4.69, 9.17) is 18.0 Å². The maximum absolute atomic E-state index is 14.1. The summed E-state index contributed by atoms with van der Waals surface area (Å²) in [6.07, 6.45) is 0. The van der Waals surface area contributed by atoms with Crippen LogP contribution in [0.4, 0.5) is 10.1 Å². The highest BCUT2D eigenvalue weighted by Crippen LogP contribution is 2.30. The van der Waals surface area contributed by atoms with Crippen LogP contribution in [0.25, 0.3) is 0 Å². The largest absolute Gasteiger partial charge is 0.389 e. The van der Waals surface area contributed by atoms with Crippen LogP contribution in [-0.2, 0) is 0 Å². The lowest BCUT2D eigenvalue weighted by molar-refractivity contribution is 0.611. The van der Waals surface area contributed by atoms with Crippen molar-refractivity contribution in [2.45, 2.75) is 24.3 Å². The Hall–Kier alpha value is -0.810. The number of benzene rings is 1. The fourth-order valence-electron chi connectivity index (χ4n) is 2.29. The predicted molar refractivity (Wildman–Crippen MR) is 81.0 cm³/mol. The average molecular weight is 284 g/mol. The van der Waals surface area contributed by atoms with E-state index in [1.165, 1.54) is 6.07 Å². The van der Waals surface area contributed by atoms with Gasteiger partial charge in [0.05, 0.1) is 5.69 Å². The zero-order valence-corrected chi connectivity index (χ0v) is 12.2. The molecule has 2 atom stereocenters. The normalized spacial score (nSPS) is 24.1. The fourth-order valence-corrected chi connectivity index (χ4v) is 3.74. The number of hydrogen-bond acceptors (Lipinski definition) is 3. The Morgan fingerprint density at radius 2 is 2.00 bits per heavy atom. The van der Waals surface area contributed by atoms with E-state index in [1.807, 2.05) is 11.8 Å². The van der Waals surface area contributed by atoms with Gasteiger partial charge in [-0.3, -0.25) is 0 Å². The van der Waals surface area contributed by atoms with E-state index in [9.17, 15) is 4.39 Å². The molecule has 5 heteroatoms. The molecule has 0 saturated carbocycles. The van der Waals surface area contributed by atoms with Crippen LogP contribution in [0.1, 0.15) is 19.4 Å². The van der Waals surface area contributed by atoms with Gasteiger partial charge in [-0.1, -0.05) is 26.1 Å². The summed E-state index contributed by atoms with van der Waals surface area (Å²) in [7, 11) is 0. The van der Waals surface area contributed by atoms with E-state index in [0.717, 1.165) is 13.1 Å². The summed E-state index contributed by atoms with van der Waals surface area (Å²) in [6.45, 7) is 6.10. The van der Waals surface area contributed by atoms with Crippen LogP contribution in [0, 0.1) is 5.82 Å². The zero-order valence-electron chi connectivity index (χ0n) is 10.5. The second-order valence-electron chi connectivity index (χ2n) is 4.69. The maximum Gasteiger partial charge on any atom is 0.147 e. The van der Waals surface area contributed by atoms with Crippen molar-refractivity contribution in [2.75, 3.05) is 18.0 Å². The van der Waals surface area contributed by atoms with E-state index < -0.39 is 0 Å². The van der Waals surface area contributed by atoms with Gasteiger partial charge in [0.15, 0.2) is 0 Å². The van der Waals surface area contributed by atoms with Crippen LogP contribution in [0.3, 0.4) is 0 Å². The topological polar surface area (TPSA) is 29.3 Å². The monoisotopic (exact) mass is 284 g/mol. The Balaban J connectivity index is 2.25. The summed E-state index contributed by atoms with van der Waals surface area (Å²) < 4.78 is 14.1. The summed E-state index contributed by atoms with van der Waals surface area (Å²) in [5.41, 5.74) is 6.73. The lowest BCUT2D eigenvalue weighted by Crippen LogP contribution is -2.40. The average Bonchev–Trinajstić information content (AvgIpc) is 2.27. The number of nitrogens with zero attached hydrogens (tertiary/aromatic N) is 1. The van der Waals surface area contributed by atoms with E-state index in [-0.39, 0.29) is 10.8 Å². The van der Waals surface area contributed by atoms with Gasteiger partial charge in [-0.05, 0) is 18.2 Å². The maximum atomic E-state index is 14.1. The molecule has 0 radical (unpaired) electrons. The van der Waals surface area contributed by atoms with Crippen LogP contribution >= 0.6 is 24.0 Å². The molecule has 2 rings (SSSR count). The molecule has 1 saturated heterocycles. The van der Waals surface area contributed by atoms with Crippen LogP contribution < -0.4 is 10.6 Å². The van der Waals surface area contributed by atoms with E-state index >= 15 is 0 Å². The molecule has 0 spiro atoms. The van der Waals surface area contributed by atoms with E-state index in [0.29, 0.717) is 21.8 Å². The molecule has 2 N–H and O–H groups in total. The molecule has 1 fully saturated rings.